The van der Waals surface area contributed by atoms with E-state index in [0.717, 1.165) is 21.6 Å². The highest BCUT2D eigenvalue weighted by atomic mass is 33.1. The molecule has 1 heterocycles. The van der Waals surface area contributed by atoms with Gasteiger partial charge in [0, 0.05) is 24.3 Å². The summed E-state index contributed by atoms with van der Waals surface area (Å²) in [5.74, 6) is -11.0. The van der Waals surface area contributed by atoms with Crippen molar-refractivity contribution in [2.45, 2.75) is 135 Å². The van der Waals surface area contributed by atoms with Crippen LogP contribution in [0.5, 0.6) is 5.75 Å². The van der Waals surface area contributed by atoms with Crippen molar-refractivity contribution in [2.75, 3.05) is 18.1 Å². The average molecular weight is 1020 g/mol. The average Bonchev–Trinajstić information content (AvgIpc) is 3.26. The highest BCUT2D eigenvalue weighted by Crippen LogP contribution is 2.25. The summed E-state index contributed by atoms with van der Waals surface area (Å²) in [5, 5.41) is 30.2. The van der Waals surface area contributed by atoms with Crippen molar-refractivity contribution in [3.63, 3.8) is 0 Å². The molecular formula is C44H70N12O12S2. The van der Waals surface area contributed by atoms with Crippen molar-refractivity contribution in [1.29, 1.82) is 0 Å². The summed E-state index contributed by atoms with van der Waals surface area (Å²) >= 11 is 0. The van der Waals surface area contributed by atoms with Crippen LogP contribution in [0.2, 0.25) is 0 Å². The zero-order valence-corrected chi connectivity index (χ0v) is 42.1. The molecule has 0 spiro atoms. The lowest BCUT2D eigenvalue weighted by Gasteiger charge is -2.33. The first kappa shape index (κ1) is 60.0. The molecule has 1 aromatic carbocycles. The number of aromatic hydroxyl groups is 1. The van der Waals surface area contributed by atoms with Crippen LogP contribution in [0.1, 0.15) is 86.1 Å². The lowest BCUT2D eigenvalue weighted by atomic mass is 9.85. The Balaban J connectivity index is 2.67. The second-order valence-corrected chi connectivity index (χ2v) is 21.1. The van der Waals surface area contributed by atoms with E-state index in [-0.39, 0.29) is 36.0 Å². The van der Waals surface area contributed by atoms with E-state index < -0.39 is 150 Å². The Bertz CT molecular complexity index is 2060. The van der Waals surface area contributed by atoms with Gasteiger partial charge >= 0.3 is 0 Å². The smallest absolute Gasteiger partial charge is 0.244 e. The number of hydrogen-bond acceptors (Lipinski definition) is 15. The molecule has 24 nitrogen and oxygen atoms in total. The number of nitrogens with one attached hydrogen (secondary N) is 8. The van der Waals surface area contributed by atoms with Gasteiger partial charge in [0.15, 0.2) is 0 Å². The molecule has 390 valence electrons. The van der Waals surface area contributed by atoms with E-state index in [9.17, 15) is 57.8 Å². The Labute approximate surface area is 414 Å². The molecular weight excluding hydrogens is 953 g/mol. The number of carbonyl (C=O) groups is 11. The topological polar surface area (TPSA) is 408 Å². The Morgan fingerprint density at radius 1 is 0.729 bits per heavy atom. The minimum absolute atomic E-state index is 0.0518. The van der Waals surface area contributed by atoms with Crippen molar-refractivity contribution in [3.8, 4) is 5.75 Å². The van der Waals surface area contributed by atoms with Crippen LogP contribution in [0, 0.1) is 17.3 Å². The predicted octanol–water partition coefficient (Wildman–Crippen LogP) is -3.07. The SMILES string of the molecule is CCC(C)C1NC(=O)C(Cc2ccc(O)cc2)NC(=O)C(N)CSSCC(C(=O)NC(C(=O)NC(CC(C)C)C(=O)NCC(N)=O)C(C)(C)C)NC(=O)C(CC(N)=O)NC(=O)C(CCC(N)=O)NC1=O. The molecule has 1 aliphatic heterocycles. The lowest BCUT2D eigenvalue weighted by molar-refractivity contribution is -0.137. The lowest BCUT2D eigenvalue weighted by Crippen LogP contribution is -2.62. The summed E-state index contributed by atoms with van der Waals surface area (Å²) in [5.41, 5.74) is 21.9. The molecule has 0 radical (unpaired) electrons. The number of amides is 11. The highest BCUT2D eigenvalue weighted by molar-refractivity contribution is 8.76. The van der Waals surface area contributed by atoms with Crippen LogP contribution in [-0.2, 0) is 59.2 Å². The van der Waals surface area contributed by atoms with Gasteiger partial charge in [-0.15, -0.1) is 0 Å². The van der Waals surface area contributed by atoms with Crippen LogP contribution in [0.15, 0.2) is 24.3 Å². The second kappa shape index (κ2) is 28.5. The van der Waals surface area contributed by atoms with E-state index >= 15 is 0 Å². The number of phenols is 1. The maximum absolute atomic E-state index is 14.3. The first-order valence-electron chi connectivity index (χ1n) is 22.7. The van der Waals surface area contributed by atoms with Crippen molar-refractivity contribution < 1.29 is 57.8 Å². The quantitative estimate of drug-likeness (QED) is 0.0649. The zero-order chi connectivity index (χ0) is 53.0. The third-order valence-electron chi connectivity index (χ3n) is 10.9. The fraction of sp³-hybridized carbons (Fsp3) is 0.614. The third-order valence-corrected chi connectivity index (χ3v) is 13.3. The van der Waals surface area contributed by atoms with E-state index in [1.807, 2.05) is 0 Å². The summed E-state index contributed by atoms with van der Waals surface area (Å²) in [7, 11) is 1.98. The molecule has 17 N–H and O–H groups in total. The number of benzene rings is 1. The molecule has 1 fully saturated rings. The van der Waals surface area contributed by atoms with Crippen LogP contribution in [0.4, 0.5) is 0 Å². The highest BCUT2D eigenvalue weighted by Gasteiger charge is 2.39. The molecule has 70 heavy (non-hydrogen) atoms. The molecule has 9 atom stereocenters. The van der Waals surface area contributed by atoms with E-state index in [1.165, 1.54) is 24.3 Å². The van der Waals surface area contributed by atoms with Gasteiger partial charge in [0.2, 0.25) is 65.0 Å². The van der Waals surface area contributed by atoms with Crippen molar-refractivity contribution in [2.24, 2.45) is 40.2 Å². The third kappa shape index (κ3) is 20.8. The summed E-state index contributed by atoms with van der Waals surface area (Å²) in [6.07, 6.45) is -1.31. The molecule has 1 aliphatic rings. The van der Waals surface area contributed by atoms with Gasteiger partial charge in [-0.1, -0.05) is 88.6 Å². The minimum atomic E-state index is -1.78. The fourth-order valence-electron chi connectivity index (χ4n) is 6.75. The molecule has 1 saturated heterocycles. The van der Waals surface area contributed by atoms with E-state index in [2.05, 4.69) is 42.5 Å². The van der Waals surface area contributed by atoms with E-state index in [1.54, 1.807) is 48.5 Å². The monoisotopic (exact) mass is 1020 g/mol. The summed E-state index contributed by atoms with van der Waals surface area (Å²) in [6.45, 7) is 11.4. The number of carbonyl (C=O) groups excluding carboxylic acids is 11. The van der Waals surface area contributed by atoms with Gasteiger partial charge in [-0.2, -0.15) is 0 Å². The number of primary amides is 3. The van der Waals surface area contributed by atoms with E-state index in [4.69, 9.17) is 22.9 Å². The number of phenolic OH excluding ortho intramolecular Hbond substituents is 1. The second-order valence-electron chi connectivity index (χ2n) is 18.5. The van der Waals surface area contributed by atoms with Crippen LogP contribution < -0.4 is 65.5 Å². The Hall–Kier alpha value is -6.15. The van der Waals surface area contributed by atoms with Gasteiger partial charge in [0.25, 0.3) is 0 Å². The molecule has 0 bridgehead atoms. The number of hydrogen-bond donors (Lipinski definition) is 13. The van der Waals surface area contributed by atoms with Gasteiger partial charge < -0.3 is 70.6 Å². The van der Waals surface area contributed by atoms with Gasteiger partial charge in [0.05, 0.1) is 19.0 Å². The Morgan fingerprint density at radius 3 is 1.86 bits per heavy atom. The molecule has 0 aromatic heterocycles. The van der Waals surface area contributed by atoms with Gasteiger partial charge in [0.1, 0.15) is 48.0 Å². The van der Waals surface area contributed by atoms with Crippen molar-refractivity contribution in [1.82, 2.24) is 42.5 Å². The first-order chi connectivity index (χ1) is 32.6. The molecule has 1 aromatic rings. The predicted molar refractivity (Wildman–Crippen MR) is 261 cm³/mol. The van der Waals surface area contributed by atoms with E-state index in [0.29, 0.717) is 12.0 Å². The summed E-state index contributed by atoms with van der Waals surface area (Å²) < 4.78 is 0. The van der Waals surface area contributed by atoms with Crippen LogP contribution in [-0.4, -0.2) is 136 Å². The summed E-state index contributed by atoms with van der Waals surface area (Å²) in [6, 6.07) is -5.54. The Morgan fingerprint density at radius 2 is 1.30 bits per heavy atom. The minimum Gasteiger partial charge on any atom is -0.508 e. The standard InChI is InChI=1S/C44H70N12O12S2/c1-8-22(4)34-42(67)50-26(13-14-31(46)58)38(63)52-29(17-32(47)59)39(64)54-30(20-70-69-19-25(45)36(61)51-28(40(65)55-34)16-23-9-11-24(57)12-10-23)41(66)56-35(44(5,6)7)43(68)53-27(15-21(2)3)37(62)49-18-33(48)60/h9-12,21-22,25-30,34-35,57H,8,13-20,45H2,1-7H3,(H2,46,58)(H2,47,59)(H2,48,60)(H,49,62)(H,50,67)(H,51,61)(H,52,63)(H,53,68)(H,54,64)(H,55,65)(H,56,66). The maximum Gasteiger partial charge on any atom is 0.244 e. The molecule has 11 amide bonds. The number of nitrogens with two attached hydrogens (primary N) is 4. The molecule has 26 heteroatoms. The fourth-order valence-corrected chi connectivity index (χ4v) is 9.04. The van der Waals surface area contributed by atoms with Crippen molar-refractivity contribution >= 4 is 86.6 Å². The Kier molecular flexibility index (Phi) is 24.4. The largest absolute Gasteiger partial charge is 0.508 e. The van der Waals surface area contributed by atoms with Gasteiger partial charge in [-0.05, 0) is 47.8 Å². The normalized spacial score (nSPS) is 22.6. The zero-order valence-electron chi connectivity index (χ0n) is 40.5. The first-order valence-corrected chi connectivity index (χ1v) is 25.1. The molecule has 9 unspecified atom stereocenters. The van der Waals surface area contributed by atoms with Gasteiger partial charge in [-0.3, -0.25) is 52.7 Å². The van der Waals surface area contributed by atoms with Crippen molar-refractivity contribution in [3.05, 3.63) is 29.8 Å². The van der Waals surface area contributed by atoms with Crippen LogP contribution in [0.3, 0.4) is 0 Å². The molecule has 0 saturated carbocycles. The van der Waals surface area contributed by atoms with Gasteiger partial charge in [-0.25, -0.2) is 0 Å². The van der Waals surface area contributed by atoms with Crippen LogP contribution in [0.25, 0.3) is 0 Å². The molecule has 0 aliphatic carbocycles. The summed E-state index contributed by atoms with van der Waals surface area (Å²) in [4.78, 5) is 147. The number of rotatable bonds is 18. The maximum atomic E-state index is 14.3. The molecule has 2 rings (SSSR count). The van der Waals surface area contributed by atoms with Crippen LogP contribution >= 0.6 is 21.6 Å².